The number of rotatable bonds is 7. The summed E-state index contributed by atoms with van der Waals surface area (Å²) in [6.45, 7) is 5.42. The minimum Gasteiger partial charge on any atom is -0.484 e. The van der Waals surface area contributed by atoms with E-state index in [2.05, 4.69) is 32.8 Å². The molecule has 0 radical (unpaired) electrons. The summed E-state index contributed by atoms with van der Waals surface area (Å²) < 4.78 is 17.9. The van der Waals surface area contributed by atoms with Gasteiger partial charge >= 0.3 is 0 Å². The van der Waals surface area contributed by atoms with Gasteiger partial charge in [0.1, 0.15) is 17.3 Å². The number of halogens is 1. The number of benzene rings is 1. The number of amides is 1. The highest BCUT2D eigenvalue weighted by atomic mass is 127. The van der Waals surface area contributed by atoms with Crippen molar-refractivity contribution in [2.75, 3.05) is 39.5 Å². The molecule has 0 aliphatic carbocycles. The first-order valence-electron chi connectivity index (χ1n) is 8.65. The second-order valence-corrected chi connectivity index (χ2v) is 7.40. The fourth-order valence-electron chi connectivity index (χ4n) is 2.87. The number of aryl methyl sites for hydroxylation is 1. The first-order chi connectivity index (χ1) is 12.6. The molecule has 1 aromatic heterocycles. The summed E-state index contributed by atoms with van der Waals surface area (Å²) >= 11 is 2.23. The molecule has 7 heteroatoms. The molecule has 0 saturated carbocycles. The highest BCUT2D eigenvalue weighted by Crippen LogP contribution is 2.23. The number of carbonyl (C=O) groups excluding carboxylic acids is 1. The van der Waals surface area contributed by atoms with Gasteiger partial charge in [-0.05, 0) is 65.9 Å². The molecule has 1 saturated heterocycles. The van der Waals surface area contributed by atoms with Gasteiger partial charge in [-0.1, -0.05) is 0 Å². The summed E-state index contributed by atoms with van der Waals surface area (Å²) in [6, 6.07) is 11.5. The van der Waals surface area contributed by atoms with Crippen LogP contribution in [0.15, 0.2) is 40.8 Å². The third-order valence-corrected chi connectivity index (χ3v) is 4.97. The molecule has 140 valence electrons. The van der Waals surface area contributed by atoms with Gasteiger partial charge in [-0.3, -0.25) is 9.69 Å². The third-order valence-electron chi connectivity index (χ3n) is 4.25. The number of ether oxygens (including phenoxy) is 2. The van der Waals surface area contributed by atoms with Crippen molar-refractivity contribution in [3.8, 4) is 5.75 Å². The van der Waals surface area contributed by atoms with Gasteiger partial charge in [0, 0.05) is 23.2 Å². The summed E-state index contributed by atoms with van der Waals surface area (Å²) in [5.74, 6) is 2.27. The summed E-state index contributed by atoms with van der Waals surface area (Å²) in [6.07, 6.45) is 0. The molecule has 2 aromatic rings. The topological polar surface area (TPSA) is 63.9 Å². The van der Waals surface area contributed by atoms with Gasteiger partial charge in [0.15, 0.2) is 6.61 Å². The number of hydrogen-bond acceptors (Lipinski definition) is 5. The normalized spacial score (nSPS) is 16.2. The molecule has 3 rings (SSSR count). The standard InChI is InChI=1S/C19H23IN2O4/c1-14-2-7-18(26-14)17(22-8-10-24-11-9-22)12-21-19(23)13-25-16-5-3-15(20)4-6-16/h2-7,17H,8-13H2,1H3,(H,21,23). The molecule has 1 aliphatic rings. The van der Waals surface area contributed by atoms with Crippen LogP contribution in [-0.4, -0.2) is 50.3 Å². The van der Waals surface area contributed by atoms with E-state index in [4.69, 9.17) is 13.9 Å². The van der Waals surface area contributed by atoms with Crippen molar-refractivity contribution < 1.29 is 18.7 Å². The molecule has 0 spiro atoms. The smallest absolute Gasteiger partial charge is 0.258 e. The molecule has 1 amide bonds. The average Bonchev–Trinajstić information content (AvgIpc) is 3.08. The van der Waals surface area contributed by atoms with Crippen LogP contribution >= 0.6 is 22.6 Å². The van der Waals surface area contributed by atoms with Gasteiger partial charge in [0.25, 0.3) is 5.91 Å². The summed E-state index contributed by atoms with van der Waals surface area (Å²) in [5.41, 5.74) is 0. The van der Waals surface area contributed by atoms with E-state index in [9.17, 15) is 4.79 Å². The van der Waals surface area contributed by atoms with E-state index in [-0.39, 0.29) is 18.6 Å². The van der Waals surface area contributed by atoms with Crippen LogP contribution in [0, 0.1) is 10.5 Å². The van der Waals surface area contributed by atoms with Crippen LogP contribution in [0.4, 0.5) is 0 Å². The van der Waals surface area contributed by atoms with Crippen LogP contribution in [0.5, 0.6) is 5.75 Å². The largest absolute Gasteiger partial charge is 0.484 e. The van der Waals surface area contributed by atoms with Crippen LogP contribution in [0.2, 0.25) is 0 Å². The third kappa shape index (κ3) is 5.46. The van der Waals surface area contributed by atoms with E-state index in [0.717, 1.165) is 28.2 Å². The molecular weight excluding hydrogens is 447 g/mol. The molecule has 1 unspecified atom stereocenters. The molecule has 1 fully saturated rings. The Hall–Kier alpha value is -1.58. The van der Waals surface area contributed by atoms with Crippen molar-refractivity contribution in [2.45, 2.75) is 13.0 Å². The fraction of sp³-hybridized carbons (Fsp3) is 0.421. The van der Waals surface area contributed by atoms with Crippen LogP contribution in [0.1, 0.15) is 17.6 Å². The lowest BCUT2D eigenvalue weighted by Crippen LogP contribution is -2.44. The molecule has 1 atom stereocenters. The molecule has 6 nitrogen and oxygen atoms in total. The second-order valence-electron chi connectivity index (χ2n) is 6.16. The predicted octanol–water partition coefficient (Wildman–Crippen LogP) is 2.76. The van der Waals surface area contributed by atoms with Crippen LogP contribution in [-0.2, 0) is 9.53 Å². The number of nitrogens with zero attached hydrogens (tertiary/aromatic N) is 1. The molecular formula is C19H23IN2O4. The zero-order valence-corrected chi connectivity index (χ0v) is 16.9. The molecule has 1 aromatic carbocycles. The minimum atomic E-state index is -0.148. The lowest BCUT2D eigenvalue weighted by atomic mass is 10.1. The maximum atomic E-state index is 12.2. The monoisotopic (exact) mass is 470 g/mol. The predicted molar refractivity (Wildman–Crippen MR) is 106 cm³/mol. The highest BCUT2D eigenvalue weighted by Gasteiger charge is 2.25. The highest BCUT2D eigenvalue weighted by molar-refractivity contribution is 14.1. The van der Waals surface area contributed by atoms with Crippen molar-refractivity contribution in [1.29, 1.82) is 0 Å². The Balaban J connectivity index is 1.54. The van der Waals surface area contributed by atoms with Crippen molar-refractivity contribution in [3.63, 3.8) is 0 Å². The molecule has 26 heavy (non-hydrogen) atoms. The van der Waals surface area contributed by atoms with Gasteiger partial charge < -0.3 is 19.2 Å². The first kappa shape index (κ1) is 19.2. The Morgan fingerprint density at radius 3 is 2.62 bits per heavy atom. The van der Waals surface area contributed by atoms with Gasteiger partial charge in [0.05, 0.1) is 19.3 Å². The number of nitrogens with one attached hydrogen (secondary N) is 1. The van der Waals surface area contributed by atoms with E-state index in [1.807, 2.05) is 43.3 Å². The Morgan fingerprint density at radius 2 is 1.96 bits per heavy atom. The molecule has 0 bridgehead atoms. The van der Waals surface area contributed by atoms with E-state index in [0.29, 0.717) is 25.5 Å². The molecule has 2 heterocycles. The summed E-state index contributed by atoms with van der Waals surface area (Å²) in [7, 11) is 0. The Labute approximate surface area is 167 Å². The number of morpholine rings is 1. The average molecular weight is 470 g/mol. The van der Waals surface area contributed by atoms with E-state index in [1.54, 1.807) is 0 Å². The van der Waals surface area contributed by atoms with Crippen molar-refractivity contribution in [2.24, 2.45) is 0 Å². The SMILES string of the molecule is Cc1ccc(C(CNC(=O)COc2ccc(I)cc2)N2CCOCC2)o1. The Morgan fingerprint density at radius 1 is 1.23 bits per heavy atom. The lowest BCUT2D eigenvalue weighted by molar-refractivity contribution is -0.123. The van der Waals surface area contributed by atoms with E-state index < -0.39 is 0 Å². The Bertz CT molecular complexity index is 711. The first-order valence-corrected chi connectivity index (χ1v) is 9.73. The van der Waals surface area contributed by atoms with Crippen molar-refractivity contribution in [3.05, 3.63) is 51.5 Å². The fourth-order valence-corrected chi connectivity index (χ4v) is 3.23. The van der Waals surface area contributed by atoms with Gasteiger partial charge in [-0.15, -0.1) is 0 Å². The molecule has 1 N–H and O–H groups in total. The molecule has 1 aliphatic heterocycles. The number of furan rings is 1. The van der Waals surface area contributed by atoms with Crippen molar-refractivity contribution >= 4 is 28.5 Å². The maximum absolute atomic E-state index is 12.2. The minimum absolute atomic E-state index is 0.00477. The Kier molecular flexibility index (Phi) is 6.93. The zero-order chi connectivity index (χ0) is 18.4. The van der Waals surface area contributed by atoms with Gasteiger partial charge in [0.2, 0.25) is 0 Å². The maximum Gasteiger partial charge on any atom is 0.258 e. The second kappa shape index (κ2) is 9.38. The van der Waals surface area contributed by atoms with E-state index >= 15 is 0 Å². The van der Waals surface area contributed by atoms with Crippen LogP contribution < -0.4 is 10.1 Å². The lowest BCUT2D eigenvalue weighted by Gasteiger charge is -2.33. The summed E-state index contributed by atoms with van der Waals surface area (Å²) in [5, 5.41) is 2.96. The van der Waals surface area contributed by atoms with Gasteiger partial charge in [-0.25, -0.2) is 0 Å². The van der Waals surface area contributed by atoms with Crippen LogP contribution in [0.25, 0.3) is 0 Å². The quantitative estimate of drug-likeness (QED) is 0.631. The van der Waals surface area contributed by atoms with Crippen LogP contribution in [0.3, 0.4) is 0 Å². The number of hydrogen-bond donors (Lipinski definition) is 1. The van der Waals surface area contributed by atoms with Crippen molar-refractivity contribution in [1.82, 2.24) is 10.2 Å². The number of carbonyl (C=O) groups is 1. The summed E-state index contributed by atoms with van der Waals surface area (Å²) in [4.78, 5) is 14.5. The van der Waals surface area contributed by atoms with Gasteiger partial charge in [-0.2, -0.15) is 0 Å². The zero-order valence-electron chi connectivity index (χ0n) is 14.7. The van der Waals surface area contributed by atoms with E-state index in [1.165, 1.54) is 0 Å².